The average molecular weight is 1330 g/mol. The largest absolute Gasteiger partial charge is 0.493 e. The summed E-state index contributed by atoms with van der Waals surface area (Å²) < 4.78 is 25.0. The van der Waals surface area contributed by atoms with Crippen molar-refractivity contribution in [3.05, 3.63) is 46.5 Å². The number of urea groups is 8. The van der Waals surface area contributed by atoms with Crippen LogP contribution in [0.1, 0.15) is 63.3 Å². The Labute approximate surface area is 495 Å². The Morgan fingerprint density at radius 2 is 0.573 bits per heavy atom. The van der Waals surface area contributed by atoms with E-state index in [1.54, 1.807) is 45.6 Å². The Morgan fingerprint density at radius 1 is 0.354 bits per heavy atom. The Balaban J connectivity index is 0.785. The van der Waals surface area contributed by atoms with Crippen LogP contribution in [0.15, 0.2) is 24.3 Å². The van der Waals surface area contributed by atoms with Crippen LogP contribution in [-0.4, -0.2) is 256 Å². The van der Waals surface area contributed by atoms with Crippen molar-refractivity contribution < 1.29 is 57.3 Å². The molecular weight excluding hydrogens is 1270 g/mol. The molecule has 0 bridgehead atoms. The van der Waals surface area contributed by atoms with Crippen LogP contribution < -0.4 is 18.9 Å². The summed E-state index contributed by atoms with van der Waals surface area (Å²) in [7, 11) is 0. The molecule has 2 aromatic carbocycles. The second kappa shape index (κ2) is 17.4. The van der Waals surface area contributed by atoms with Gasteiger partial charge in [0, 0.05) is 38.2 Å². The normalized spacial score (nSPS) is 32.3. The summed E-state index contributed by atoms with van der Waals surface area (Å²) in [6, 6.07) is 3.09. The number of nitrogens with zero attached hydrogens (tertiary/aromatic N) is 16. The molecule has 13 aliphatic rings. The fourth-order valence-electron chi connectivity index (χ4n) is 15.8. The standard InChI is InChI=1S/C51H59Br3N16O12/c1-6-14-79-32-7-8-33(80-15-11-52)29-19-64-45(76)68-25-60-38-36-55(40(71)59(38)24-67-44(75)63(18-28(29)32)48(64,2)50(67,68)4)22-57-37-39-61(42(57)73)26-69-46(77)65-20-30-31(35(82-17-13-54)10-9-34(30)81-16-12-53)21-66-47(78)70(51(69,5)49(65,66)3)27-62(39)43(74)58(37)23-56(36)41(60)72/h7-10,36-39H,6,11-27H2,1-5H3/t36-,37+,38+,39-,48+,49?,50-,51?/m1/s1. The van der Waals surface area contributed by atoms with Gasteiger partial charge < -0.3 is 18.9 Å². The summed E-state index contributed by atoms with van der Waals surface area (Å²) in [6.45, 7) is 8.60. The van der Waals surface area contributed by atoms with Crippen LogP contribution in [0, 0.1) is 0 Å². The Morgan fingerprint density at radius 3 is 0.805 bits per heavy atom. The molecule has 31 heteroatoms. The second-order valence-electron chi connectivity index (χ2n) is 23.2. The first-order valence-electron chi connectivity index (χ1n) is 27.5. The number of halogens is 3. The molecule has 0 spiro atoms. The van der Waals surface area contributed by atoms with E-state index in [0.717, 1.165) is 6.42 Å². The molecule has 11 saturated heterocycles. The minimum absolute atomic E-state index is 0.0253. The number of fused-ring (bicyclic) bond motifs is 2. The highest BCUT2D eigenvalue weighted by molar-refractivity contribution is 9.09. The minimum atomic E-state index is -1.48. The number of amides is 16. The third-order valence-electron chi connectivity index (χ3n) is 20.1. The Kier molecular flexibility index (Phi) is 11.1. The Bertz CT molecular complexity index is 2880. The van der Waals surface area contributed by atoms with Gasteiger partial charge in [-0.3, -0.25) is 78.4 Å². The molecule has 28 nitrogen and oxygen atoms in total. The van der Waals surface area contributed by atoms with Crippen LogP contribution in [0.25, 0.3) is 0 Å². The molecule has 16 amide bonds. The van der Waals surface area contributed by atoms with Crippen molar-refractivity contribution in [2.75, 3.05) is 82.4 Å². The van der Waals surface area contributed by atoms with Gasteiger partial charge in [-0.25, -0.2) is 38.4 Å². The van der Waals surface area contributed by atoms with E-state index in [-0.39, 0.29) is 52.9 Å². The predicted molar refractivity (Wildman–Crippen MR) is 292 cm³/mol. The number of alkyl halides is 3. The number of carbonyl (C=O) groups is 8. The second-order valence-corrected chi connectivity index (χ2v) is 25.5. The summed E-state index contributed by atoms with van der Waals surface area (Å²) in [5.74, 6) is 2.17. The number of rotatable bonds is 12. The highest BCUT2D eigenvalue weighted by Crippen LogP contribution is 2.59. The molecule has 11 fully saturated rings. The zero-order valence-electron chi connectivity index (χ0n) is 45.5. The van der Waals surface area contributed by atoms with Crippen LogP contribution in [0.3, 0.4) is 0 Å². The van der Waals surface area contributed by atoms with Crippen molar-refractivity contribution in [3.63, 3.8) is 0 Å². The van der Waals surface area contributed by atoms with Crippen molar-refractivity contribution in [2.24, 2.45) is 0 Å². The summed E-state index contributed by atoms with van der Waals surface area (Å²) in [4.78, 5) is 148. The van der Waals surface area contributed by atoms with E-state index in [1.807, 2.05) is 32.9 Å². The monoisotopic (exact) mass is 1320 g/mol. The maximum atomic E-state index is 15.5. The third-order valence-corrected chi connectivity index (χ3v) is 21.1. The van der Waals surface area contributed by atoms with Crippen LogP contribution in [0.4, 0.5) is 38.4 Å². The number of benzene rings is 2. The van der Waals surface area contributed by atoms with Gasteiger partial charge in [0.25, 0.3) is 0 Å². The van der Waals surface area contributed by atoms with E-state index < -0.39 is 109 Å². The summed E-state index contributed by atoms with van der Waals surface area (Å²) in [6.07, 6.45) is -3.68. The average Bonchev–Trinajstić information content (AvgIpc) is 1.57. The van der Waals surface area contributed by atoms with E-state index >= 15 is 38.4 Å². The zero-order chi connectivity index (χ0) is 57.2. The van der Waals surface area contributed by atoms with Gasteiger partial charge in [0.1, 0.15) is 63.0 Å². The first-order chi connectivity index (χ1) is 39.4. The van der Waals surface area contributed by atoms with Gasteiger partial charge in [-0.1, -0.05) is 54.7 Å². The van der Waals surface area contributed by atoms with Gasteiger partial charge in [-0.15, -0.1) is 0 Å². The molecule has 13 aliphatic heterocycles. The molecule has 13 heterocycles. The van der Waals surface area contributed by atoms with Crippen molar-refractivity contribution in [1.29, 1.82) is 0 Å². The molecule has 436 valence electrons. The third kappa shape index (κ3) is 5.96. The molecule has 2 unspecified atom stereocenters. The maximum absolute atomic E-state index is 15.5. The van der Waals surface area contributed by atoms with Crippen LogP contribution in [0.2, 0.25) is 0 Å². The smallest absolute Gasteiger partial charge is 0.326 e. The van der Waals surface area contributed by atoms with Crippen LogP contribution >= 0.6 is 47.8 Å². The van der Waals surface area contributed by atoms with E-state index in [1.165, 1.54) is 58.8 Å². The van der Waals surface area contributed by atoms with E-state index in [2.05, 4.69) is 47.8 Å². The van der Waals surface area contributed by atoms with Crippen molar-refractivity contribution in [1.82, 2.24) is 78.4 Å². The van der Waals surface area contributed by atoms with Gasteiger partial charge in [0.05, 0.1) is 52.6 Å². The predicted octanol–water partition coefficient (Wildman–Crippen LogP) is 4.38. The number of carbonyl (C=O) groups excluding carboxylic acids is 8. The van der Waals surface area contributed by atoms with Crippen molar-refractivity contribution in [3.8, 4) is 23.0 Å². The lowest BCUT2D eigenvalue weighted by Gasteiger charge is -2.49. The van der Waals surface area contributed by atoms with Crippen molar-refractivity contribution in [2.45, 2.75) is 115 Å². The number of hydrogen-bond acceptors (Lipinski definition) is 12. The van der Waals surface area contributed by atoms with Gasteiger partial charge in [-0.2, -0.15) is 0 Å². The van der Waals surface area contributed by atoms with E-state index in [4.69, 9.17) is 18.9 Å². The highest BCUT2D eigenvalue weighted by Gasteiger charge is 2.80. The van der Waals surface area contributed by atoms with Gasteiger partial charge >= 0.3 is 48.2 Å². The lowest BCUT2D eigenvalue weighted by Crippen LogP contribution is -2.69. The molecule has 0 aromatic heterocycles. The highest BCUT2D eigenvalue weighted by atomic mass is 79.9. The first kappa shape index (κ1) is 52.1. The van der Waals surface area contributed by atoms with Gasteiger partial charge in [-0.05, 0) is 58.4 Å². The first-order valence-corrected chi connectivity index (χ1v) is 30.9. The number of hydrogen-bond donors (Lipinski definition) is 0. The van der Waals surface area contributed by atoms with E-state index in [9.17, 15) is 0 Å². The minimum Gasteiger partial charge on any atom is -0.493 e. The molecule has 15 rings (SSSR count). The quantitative estimate of drug-likeness (QED) is 0.270. The molecule has 82 heavy (non-hydrogen) atoms. The molecule has 2 aromatic rings. The molecule has 0 saturated carbocycles. The topological polar surface area (TPSA) is 225 Å². The van der Waals surface area contributed by atoms with Gasteiger partial charge in [0.2, 0.25) is 0 Å². The Hall–Kier alpha value is -6.76. The molecule has 8 atom stereocenters. The fourth-order valence-corrected chi connectivity index (χ4v) is 16.3. The van der Waals surface area contributed by atoms with E-state index in [0.29, 0.717) is 87.7 Å². The summed E-state index contributed by atoms with van der Waals surface area (Å²) >= 11 is 10.4. The SMILES string of the molecule is CCCOc1ccc(OCCBr)c2c1CN1C(=O)N3CN4C(=O)N5CN6C(=O)N7CN8C(=O)N9Cc%10c(OCCBr)ccc(OCCBr)c%10CN%10C(=O)N(CN%11C(=O)N(CN%12C(=O)N(CN%13C(=O)N(C2)[C@@]1(C)[C@]3%13C)[C@H]4[C@H]5%12)[C@H]6[C@H]7%11)C8(C)C9%10C. The van der Waals surface area contributed by atoms with Crippen molar-refractivity contribution >= 4 is 96.0 Å². The molecule has 0 aliphatic carbocycles. The lowest BCUT2D eigenvalue weighted by molar-refractivity contribution is -0.0871. The zero-order valence-corrected chi connectivity index (χ0v) is 50.3. The molecular formula is C51H59Br3N16O12. The summed E-state index contributed by atoms with van der Waals surface area (Å²) in [5, 5.41) is 1.64. The molecule has 0 N–H and O–H groups in total. The number of ether oxygens (including phenoxy) is 4. The molecule has 0 radical (unpaired) electrons. The van der Waals surface area contributed by atoms with Crippen LogP contribution in [0.5, 0.6) is 23.0 Å². The fraction of sp³-hybridized carbons (Fsp3) is 0.608. The maximum Gasteiger partial charge on any atom is 0.326 e. The summed E-state index contributed by atoms with van der Waals surface area (Å²) in [5.41, 5.74) is -2.96. The van der Waals surface area contributed by atoms with Crippen LogP contribution in [-0.2, 0) is 26.2 Å². The lowest BCUT2D eigenvalue weighted by atomic mass is 9.95. The van der Waals surface area contributed by atoms with Gasteiger partial charge in [0.15, 0.2) is 47.3 Å².